The summed E-state index contributed by atoms with van der Waals surface area (Å²) in [6.45, 7) is 8.42. The molecule has 2 aliphatic rings. The Hall–Kier alpha value is -1.63. The second-order valence-electron chi connectivity index (χ2n) is 8.26. The zero-order valence-corrected chi connectivity index (χ0v) is 18.7. The van der Waals surface area contributed by atoms with Gasteiger partial charge in [-0.25, -0.2) is 4.98 Å². The summed E-state index contributed by atoms with van der Waals surface area (Å²) in [7, 11) is -1.09. The monoisotopic (exact) mass is 444 g/mol. The summed E-state index contributed by atoms with van der Waals surface area (Å²) < 4.78 is 15.3. The van der Waals surface area contributed by atoms with Gasteiger partial charge in [0.15, 0.2) is 5.75 Å². The van der Waals surface area contributed by atoms with Crippen molar-refractivity contribution in [3.63, 3.8) is 0 Å². The minimum absolute atomic E-state index is 0.515. The van der Waals surface area contributed by atoms with Crippen LogP contribution in [0.5, 0.6) is 5.75 Å². The van der Waals surface area contributed by atoms with Gasteiger partial charge >= 0.3 is 0 Å². The molecule has 0 bridgehead atoms. The molecular weight excluding hydrogens is 420 g/mol. The molecule has 3 heterocycles. The van der Waals surface area contributed by atoms with Crippen LogP contribution in [0.15, 0.2) is 46.9 Å². The molecule has 0 spiro atoms. The molecule has 0 radical (unpaired) electrons. The average molecular weight is 445 g/mol. The molecule has 0 unspecified atom stereocenters. The molecular formula is C21H25BrN2O2Si. The zero-order valence-electron chi connectivity index (χ0n) is 16.1. The van der Waals surface area contributed by atoms with Gasteiger partial charge in [0.1, 0.15) is 18.1 Å². The molecule has 0 atom stereocenters. The summed E-state index contributed by atoms with van der Waals surface area (Å²) >= 11 is 3.61. The van der Waals surface area contributed by atoms with Crippen molar-refractivity contribution in [3.8, 4) is 5.75 Å². The fourth-order valence-electron chi connectivity index (χ4n) is 3.39. The van der Waals surface area contributed by atoms with Crippen LogP contribution in [0, 0.1) is 0 Å². The quantitative estimate of drug-likeness (QED) is 0.411. The Bertz CT molecular complexity index is 967. The van der Waals surface area contributed by atoms with Crippen molar-refractivity contribution >= 4 is 40.6 Å². The van der Waals surface area contributed by atoms with Crippen LogP contribution >= 0.6 is 15.9 Å². The topological polar surface area (TPSA) is 36.3 Å². The molecule has 1 aliphatic carbocycles. The summed E-state index contributed by atoms with van der Waals surface area (Å²) in [5.74, 6) is 1.89. The first kappa shape index (κ1) is 18.7. The number of hydrogen-bond acceptors (Lipinski definition) is 3. The average Bonchev–Trinajstić information content (AvgIpc) is 2.94. The molecule has 27 heavy (non-hydrogen) atoms. The molecule has 2 aromatic rings. The zero-order chi connectivity index (χ0) is 19.0. The van der Waals surface area contributed by atoms with Crippen molar-refractivity contribution < 1.29 is 9.47 Å². The molecule has 1 aliphatic heterocycles. The highest BCUT2D eigenvalue weighted by atomic mass is 79.9. The van der Waals surface area contributed by atoms with Gasteiger partial charge in [-0.05, 0) is 28.4 Å². The van der Waals surface area contributed by atoms with Gasteiger partial charge in [-0.3, -0.25) is 0 Å². The summed E-state index contributed by atoms with van der Waals surface area (Å²) in [5, 5.41) is 1.06. The molecule has 0 N–H and O–H groups in total. The predicted molar refractivity (Wildman–Crippen MR) is 117 cm³/mol. The number of fused-ring (bicyclic) bond motifs is 1. The van der Waals surface area contributed by atoms with E-state index in [1.54, 1.807) is 0 Å². The van der Waals surface area contributed by atoms with Crippen molar-refractivity contribution in [1.82, 2.24) is 9.55 Å². The Morgan fingerprint density at radius 3 is 2.96 bits per heavy atom. The number of ether oxygens (including phenoxy) is 2. The van der Waals surface area contributed by atoms with Crippen LogP contribution in [0.1, 0.15) is 18.4 Å². The van der Waals surface area contributed by atoms with Crippen molar-refractivity contribution in [3.05, 3.63) is 52.5 Å². The van der Waals surface area contributed by atoms with E-state index >= 15 is 0 Å². The Morgan fingerprint density at radius 1 is 1.30 bits per heavy atom. The van der Waals surface area contributed by atoms with E-state index in [2.05, 4.69) is 75.6 Å². The van der Waals surface area contributed by atoms with Gasteiger partial charge in [-0.15, -0.1) is 0 Å². The van der Waals surface area contributed by atoms with Crippen LogP contribution in [0.2, 0.25) is 25.7 Å². The molecule has 142 valence electrons. The van der Waals surface area contributed by atoms with Gasteiger partial charge in [0.25, 0.3) is 0 Å². The highest BCUT2D eigenvalue weighted by molar-refractivity contribution is 9.10. The summed E-state index contributed by atoms with van der Waals surface area (Å²) in [6, 6.07) is 1.16. The summed E-state index contributed by atoms with van der Waals surface area (Å²) in [6.07, 6.45) is 14.4. The lowest BCUT2D eigenvalue weighted by molar-refractivity contribution is 0.0898. The third kappa shape index (κ3) is 3.84. The number of hydrogen-bond donors (Lipinski definition) is 0. The highest BCUT2D eigenvalue weighted by Gasteiger charge is 2.27. The van der Waals surface area contributed by atoms with E-state index in [1.807, 2.05) is 6.20 Å². The van der Waals surface area contributed by atoms with Gasteiger partial charge in [-0.2, -0.15) is 0 Å². The SMILES string of the molecule is C[Si](C)(C)CCOCn1cc2c3c(c(Br)cnc31)OC1=C2/C=C\C=C/CC1. The summed E-state index contributed by atoms with van der Waals surface area (Å²) in [4.78, 5) is 4.66. The van der Waals surface area contributed by atoms with Crippen LogP contribution in [-0.2, 0) is 11.5 Å². The van der Waals surface area contributed by atoms with Gasteiger partial charge in [0.2, 0.25) is 0 Å². The van der Waals surface area contributed by atoms with E-state index in [0.717, 1.165) is 58.1 Å². The molecule has 4 nitrogen and oxygen atoms in total. The molecule has 6 heteroatoms. The Labute approximate surface area is 169 Å². The van der Waals surface area contributed by atoms with E-state index in [9.17, 15) is 0 Å². The third-order valence-corrected chi connectivity index (χ3v) is 7.15. The molecule has 0 amide bonds. The predicted octanol–water partition coefficient (Wildman–Crippen LogP) is 6.12. The second-order valence-corrected chi connectivity index (χ2v) is 14.7. The smallest absolute Gasteiger partial charge is 0.154 e. The fraction of sp³-hybridized carbons (Fsp3) is 0.381. The Kier molecular flexibility index (Phi) is 5.14. The number of halogens is 1. The van der Waals surface area contributed by atoms with Crippen LogP contribution in [0.3, 0.4) is 0 Å². The van der Waals surface area contributed by atoms with E-state index in [1.165, 1.54) is 5.56 Å². The van der Waals surface area contributed by atoms with E-state index in [0.29, 0.717) is 6.73 Å². The second kappa shape index (κ2) is 7.41. The standard InChI is InChI=1S/C21H25BrN2O2Si/c1-27(2,3)11-10-25-14-24-13-16-15-8-6-4-5-7-9-18(15)26-20-17(22)12-23-21(24)19(16)20/h4-6,8,12-13H,7,9-11,14H2,1-3H3/b5-4-,8-6-. The molecule has 0 saturated heterocycles. The lowest BCUT2D eigenvalue weighted by atomic mass is 9.98. The molecule has 0 aromatic carbocycles. The Morgan fingerprint density at radius 2 is 2.15 bits per heavy atom. The van der Waals surface area contributed by atoms with Crippen LogP contribution in [0.25, 0.3) is 16.6 Å². The lowest BCUT2D eigenvalue weighted by Gasteiger charge is -2.21. The third-order valence-electron chi connectivity index (χ3n) is 4.88. The number of nitrogens with zero attached hydrogens (tertiary/aromatic N) is 2. The van der Waals surface area contributed by atoms with Crippen LogP contribution in [-0.4, -0.2) is 24.2 Å². The first-order valence-corrected chi connectivity index (χ1v) is 13.9. The molecule has 0 saturated carbocycles. The van der Waals surface area contributed by atoms with Crippen molar-refractivity contribution in [2.45, 2.75) is 45.3 Å². The van der Waals surface area contributed by atoms with Crippen LogP contribution < -0.4 is 4.74 Å². The van der Waals surface area contributed by atoms with Crippen LogP contribution in [0.4, 0.5) is 0 Å². The molecule has 4 rings (SSSR count). The molecule has 2 aromatic heterocycles. The van der Waals surface area contributed by atoms with Gasteiger partial charge in [0.05, 0.1) is 9.86 Å². The maximum atomic E-state index is 6.32. The van der Waals surface area contributed by atoms with Gasteiger partial charge in [-0.1, -0.05) is 43.9 Å². The summed E-state index contributed by atoms with van der Waals surface area (Å²) in [5.41, 5.74) is 3.24. The minimum Gasteiger partial charge on any atom is -0.459 e. The van der Waals surface area contributed by atoms with Gasteiger partial charge in [0, 0.05) is 44.6 Å². The molecule has 0 fully saturated rings. The van der Waals surface area contributed by atoms with Gasteiger partial charge < -0.3 is 14.0 Å². The maximum Gasteiger partial charge on any atom is 0.154 e. The van der Waals surface area contributed by atoms with E-state index < -0.39 is 8.07 Å². The largest absolute Gasteiger partial charge is 0.459 e. The first-order chi connectivity index (χ1) is 12.9. The van der Waals surface area contributed by atoms with Crippen molar-refractivity contribution in [2.75, 3.05) is 6.61 Å². The normalized spacial score (nSPS) is 18.7. The van der Waals surface area contributed by atoms with Crippen molar-refractivity contribution in [1.29, 1.82) is 0 Å². The minimum atomic E-state index is -1.09. The Balaban J connectivity index is 1.71. The number of pyridine rings is 1. The number of rotatable bonds is 5. The number of aromatic nitrogens is 2. The van der Waals surface area contributed by atoms with Crippen molar-refractivity contribution in [2.24, 2.45) is 0 Å². The fourth-order valence-corrected chi connectivity index (χ4v) is 4.52. The van der Waals surface area contributed by atoms with E-state index in [-0.39, 0.29) is 0 Å². The first-order valence-electron chi connectivity index (χ1n) is 9.44. The van der Waals surface area contributed by atoms with E-state index in [4.69, 9.17) is 9.47 Å². The highest BCUT2D eigenvalue weighted by Crippen LogP contribution is 2.45. The lowest BCUT2D eigenvalue weighted by Crippen LogP contribution is -2.22. The maximum absolute atomic E-state index is 6.32. The number of allylic oxidation sites excluding steroid dienone is 6.